The Bertz CT molecular complexity index is 132. The van der Waals surface area contributed by atoms with Crippen molar-refractivity contribution in [2.24, 2.45) is 0 Å². The van der Waals surface area contributed by atoms with E-state index in [2.05, 4.69) is 6.92 Å². The molecule has 0 aromatic rings. The molecule has 0 spiro atoms. The van der Waals surface area contributed by atoms with Gasteiger partial charge in [-0.05, 0) is 12.5 Å². The van der Waals surface area contributed by atoms with Gasteiger partial charge in [0.25, 0.3) is 0 Å². The Balaban J connectivity index is 1.98. The summed E-state index contributed by atoms with van der Waals surface area (Å²) in [5.41, 5.74) is 0. The molecule has 0 N–H and O–H groups in total. The third-order valence-electron chi connectivity index (χ3n) is 2.08. The molecule has 0 aromatic carbocycles. The summed E-state index contributed by atoms with van der Waals surface area (Å²) in [4.78, 5) is 0. The van der Waals surface area contributed by atoms with E-state index in [0.29, 0.717) is 12.9 Å². The van der Waals surface area contributed by atoms with Crippen molar-refractivity contribution >= 4 is 0 Å². The van der Waals surface area contributed by atoms with Crippen molar-refractivity contribution < 1.29 is 9.47 Å². The van der Waals surface area contributed by atoms with Crippen LogP contribution in [0.15, 0.2) is 12.3 Å². The second-order valence-electron chi connectivity index (χ2n) is 3.17. The summed E-state index contributed by atoms with van der Waals surface area (Å²) in [6, 6.07) is 0. The average molecular weight is 170 g/mol. The Hall–Kier alpha value is -0.500. The van der Waals surface area contributed by atoms with Crippen LogP contribution in [0.2, 0.25) is 0 Å². The summed E-state index contributed by atoms with van der Waals surface area (Å²) in [7, 11) is 0. The third-order valence-corrected chi connectivity index (χ3v) is 2.08. The minimum atomic E-state index is 0.301. The lowest BCUT2D eigenvalue weighted by Crippen LogP contribution is -2.15. The van der Waals surface area contributed by atoms with E-state index in [9.17, 15) is 0 Å². The van der Waals surface area contributed by atoms with Crippen molar-refractivity contribution in [2.45, 2.75) is 45.1 Å². The Kier molecular flexibility index (Phi) is 4.85. The van der Waals surface area contributed by atoms with Gasteiger partial charge in [0.05, 0.1) is 12.4 Å². The van der Waals surface area contributed by atoms with Gasteiger partial charge in [0.15, 0.2) is 6.79 Å². The van der Waals surface area contributed by atoms with Gasteiger partial charge in [-0.1, -0.05) is 32.6 Å². The molecular weight excluding hydrogens is 152 g/mol. The molecule has 0 aliphatic carbocycles. The van der Waals surface area contributed by atoms with E-state index in [1.54, 1.807) is 6.26 Å². The SMILES string of the molecule is CCCCCCC1C=COCO1. The van der Waals surface area contributed by atoms with E-state index in [4.69, 9.17) is 9.47 Å². The first-order chi connectivity index (χ1) is 5.93. The molecule has 1 aliphatic rings. The molecule has 2 heteroatoms. The predicted molar refractivity (Wildman–Crippen MR) is 48.7 cm³/mol. The summed E-state index contributed by atoms with van der Waals surface area (Å²) in [5, 5.41) is 0. The fraction of sp³-hybridized carbons (Fsp3) is 0.800. The summed E-state index contributed by atoms with van der Waals surface area (Å²) in [5.74, 6) is 0. The quantitative estimate of drug-likeness (QED) is 0.591. The summed E-state index contributed by atoms with van der Waals surface area (Å²) in [6.07, 6.45) is 10.4. The van der Waals surface area contributed by atoms with E-state index in [-0.39, 0.29) is 0 Å². The lowest BCUT2D eigenvalue weighted by atomic mass is 10.1. The van der Waals surface area contributed by atoms with Gasteiger partial charge >= 0.3 is 0 Å². The molecule has 0 amide bonds. The zero-order valence-corrected chi connectivity index (χ0v) is 7.79. The highest BCUT2D eigenvalue weighted by Crippen LogP contribution is 2.11. The van der Waals surface area contributed by atoms with Gasteiger partial charge < -0.3 is 9.47 Å². The van der Waals surface area contributed by atoms with Crippen molar-refractivity contribution in [1.29, 1.82) is 0 Å². The maximum Gasteiger partial charge on any atom is 0.188 e. The van der Waals surface area contributed by atoms with Crippen molar-refractivity contribution in [2.75, 3.05) is 6.79 Å². The fourth-order valence-electron chi connectivity index (χ4n) is 1.32. The monoisotopic (exact) mass is 170 g/mol. The van der Waals surface area contributed by atoms with Gasteiger partial charge in [-0.2, -0.15) is 0 Å². The molecule has 0 saturated carbocycles. The first-order valence-corrected chi connectivity index (χ1v) is 4.83. The van der Waals surface area contributed by atoms with Crippen LogP contribution in [0, 0.1) is 0 Å². The third kappa shape index (κ3) is 3.77. The lowest BCUT2D eigenvalue weighted by molar-refractivity contribution is -0.0601. The number of unbranched alkanes of at least 4 members (excludes halogenated alkanes) is 3. The molecule has 0 radical (unpaired) electrons. The molecule has 1 aliphatic heterocycles. The Labute approximate surface area is 74.6 Å². The van der Waals surface area contributed by atoms with Crippen LogP contribution in [0.1, 0.15) is 39.0 Å². The molecule has 1 atom stereocenters. The van der Waals surface area contributed by atoms with E-state index < -0.39 is 0 Å². The molecule has 0 aromatic heterocycles. The van der Waals surface area contributed by atoms with Crippen LogP contribution < -0.4 is 0 Å². The first-order valence-electron chi connectivity index (χ1n) is 4.83. The second-order valence-corrected chi connectivity index (χ2v) is 3.17. The van der Waals surface area contributed by atoms with Crippen LogP contribution in [0.3, 0.4) is 0 Å². The van der Waals surface area contributed by atoms with Gasteiger partial charge in [0.2, 0.25) is 0 Å². The smallest absolute Gasteiger partial charge is 0.188 e. The highest BCUT2D eigenvalue weighted by molar-refractivity contribution is 4.85. The molecule has 12 heavy (non-hydrogen) atoms. The van der Waals surface area contributed by atoms with Crippen LogP contribution in [0.25, 0.3) is 0 Å². The van der Waals surface area contributed by atoms with E-state index in [1.807, 2.05) is 6.08 Å². The first kappa shape index (κ1) is 9.59. The van der Waals surface area contributed by atoms with Gasteiger partial charge in [0.1, 0.15) is 0 Å². The number of hydrogen-bond donors (Lipinski definition) is 0. The van der Waals surface area contributed by atoms with Crippen LogP contribution in [-0.4, -0.2) is 12.9 Å². The van der Waals surface area contributed by atoms with E-state index in [1.165, 1.54) is 25.7 Å². The Morgan fingerprint density at radius 3 is 2.92 bits per heavy atom. The molecule has 0 fully saturated rings. The standard InChI is InChI=1S/C10H18O2/c1-2-3-4-5-6-10-7-8-11-9-12-10/h7-8,10H,2-6,9H2,1H3. The number of rotatable bonds is 5. The zero-order chi connectivity index (χ0) is 8.65. The molecule has 2 nitrogen and oxygen atoms in total. The molecular formula is C10H18O2. The van der Waals surface area contributed by atoms with Gasteiger partial charge in [-0.15, -0.1) is 0 Å². The van der Waals surface area contributed by atoms with Crippen LogP contribution in [0.5, 0.6) is 0 Å². The van der Waals surface area contributed by atoms with Gasteiger partial charge in [-0.25, -0.2) is 0 Å². The van der Waals surface area contributed by atoms with Crippen molar-refractivity contribution in [3.8, 4) is 0 Å². The summed E-state index contributed by atoms with van der Waals surface area (Å²) < 4.78 is 10.3. The molecule has 1 rings (SSSR count). The Morgan fingerprint density at radius 1 is 1.33 bits per heavy atom. The van der Waals surface area contributed by atoms with Crippen molar-refractivity contribution in [3.63, 3.8) is 0 Å². The van der Waals surface area contributed by atoms with Crippen molar-refractivity contribution in [1.82, 2.24) is 0 Å². The maximum absolute atomic E-state index is 5.35. The number of hydrogen-bond acceptors (Lipinski definition) is 2. The largest absolute Gasteiger partial charge is 0.475 e. The van der Waals surface area contributed by atoms with Crippen molar-refractivity contribution in [3.05, 3.63) is 12.3 Å². The summed E-state index contributed by atoms with van der Waals surface area (Å²) >= 11 is 0. The highest BCUT2D eigenvalue weighted by Gasteiger charge is 2.07. The number of ether oxygens (including phenoxy) is 2. The minimum absolute atomic E-state index is 0.301. The molecule has 1 unspecified atom stereocenters. The maximum atomic E-state index is 5.35. The molecule has 70 valence electrons. The van der Waals surface area contributed by atoms with Gasteiger partial charge in [0, 0.05) is 0 Å². The van der Waals surface area contributed by atoms with Crippen LogP contribution in [-0.2, 0) is 9.47 Å². The van der Waals surface area contributed by atoms with Crippen LogP contribution in [0.4, 0.5) is 0 Å². The van der Waals surface area contributed by atoms with E-state index >= 15 is 0 Å². The van der Waals surface area contributed by atoms with Crippen LogP contribution >= 0.6 is 0 Å². The Morgan fingerprint density at radius 2 is 2.25 bits per heavy atom. The molecule has 0 saturated heterocycles. The minimum Gasteiger partial charge on any atom is -0.475 e. The highest BCUT2D eigenvalue weighted by atomic mass is 16.7. The average Bonchev–Trinajstić information content (AvgIpc) is 2.14. The molecule has 0 bridgehead atoms. The predicted octanol–water partition coefficient (Wildman–Crippen LogP) is 2.84. The summed E-state index contributed by atoms with van der Waals surface area (Å²) in [6.45, 7) is 2.65. The second kappa shape index (κ2) is 6.06. The topological polar surface area (TPSA) is 18.5 Å². The zero-order valence-electron chi connectivity index (χ0n) is 7.79. The fourth-order valence-corrected chi connectivity index (χ4v) is 1.32. The van der Waals surface area contributed by atoms with Gasteiger partial charge in [-0.3, -0.25) is 0 Å². The van der Waals surface area contributed by atoms with E-state index in [0.717, 1.165) is 6.42 Å². The molecule has 1 heterocycles. The lowest BCUT2D eigenvalue weighted by Gasteiger charge is -2.17. The normalized spacial score (nSPS) is 22.2.